The quantitative estimate of drug-likeness (QED) is 0.636. The number of ether oxygens (including phenoxy) is 1. The monoisotopic (exact) mass is 232 g/mol. The number of nitrogens with zero attached hydrogens (tertiary/aromatic N) is 1. The summed E-state index contributed by atoms with van der Waals surface area (Å²) < 4.78 is 5.51. The second kappa shape index (κ2) is 4.69. The molecular weight excluding hydrogens is 220 g/mol. The first-order valence-corrected chi connectivity index (χ1v) is 5.25. The number of nitrogens with one attached hydrogen (secondary N) is 1. The maximum atomic E-state index is 11.2. The zero-order chi connectivity index (χ0) is 12.3. The third-order valence-electron chi connectivity index (χ3n) is 2.28. The minimum atomic E-state index is -0.485. The highest BCUT2D eigenvalue weighted by Crippen LogP contribution is 2.17. The van der Waals surface area contributed by atoms with Crippen LogP contribution in [0.15, 0.2) is 36.7 Å². The highest BCUT2D eigenvalue weighted by molar-refractivity contribution is 5.90. The Balaban J connectivity index is 2.26. The standard InChI is InChI=1S/C12H12N2O3/c1-2-17-12(15)13-11-4-3-10-8-14(16)6-5-9(10)7-11/h3-8H,2H2,1H3,(H,13,15). The number of hydrogen-bond acceptors (Lipinski definition) is 3. The Morgan fingerprint density at radius 1 is 1.41 bits per heavy atom. The molecule has 1 aromatic heterocycles. The van der Waals surface area contributed by atoms with E-state index in [-0.39, 0.29) is 0 Å². The molecule has 1 heterocycles. The molecule has 5 nitrogen and oxygen atoms in total. The van der Waals surface area contributed by atoms with Crippen molar-refractivity contribution in [3.8, 4) is 0 Å². The first kappa shape index (κ1) is 11.2. The van der Waals surface area contributed by atoms with E-state index in [0.29, 0.717) is 12.3 Å². The molecule has 0 saturated heterocycles. The van der Waals surface area contributed by atoms with Crippen LogP contribution < -0.4 is 10.0 Å². The molecule has 0 aliphatic rings. The average Bonchev–Trinajstić information content (AvgIpc) is 2.29. The molecule has 2 aromatic rings. The van der Waals surface area contributed by atoms with E-state index in [4.69, 9.17) is 4.74 Å². The summed E-state index contributed by atoms with van der Waals surface area (Å²) in [6.45, 7) is 2.07. The van der Waals surface area contributed by atoms with E-state index < -0.39 is 6.09 Å². The topological polar surface area (TPSA) is 65.3 Å². The second-order valence-electron chi connectivity index (χ2n) is 3.49. The molecule has 0 aliphatic heterocycles. The maximum absolute atomic E-state index is 11.2. The zero-order valence-electron chi connectivity index (χ0n) is 9.34. The molecule has 0 bridgehead atoms. The summed E-state index contributed by atoms with van der Waals surface area (Å²) in [5.41, 5.74) is 0.639. The van der Waals surface area contributed by atoms with Gasteiger partial charge in [0.1, 0.15) is 0 Å². The van der Waals surface area contributed by atoms with Crippen molar-refractivity contribution < 1.29 is 14.3 Å². The van der Waals surface area contributed by atoms with Gasteiger partial charge in [-0.2, -0.15) is 4.73 Å². The first-order valence-electron chi connectivity index (χ1n) is 5.25. The number of anilines is 1. The van der Waals surface area contributed by atoms with Crippen LogP contribution in [0.25, 0.3) is 10.8 Å². The minimum Gasteiger partial charge on any atom is -0.619 e. The fraction of sp³-hybridized carbons (Fsp3) is 0.167. The smallest absolute Gasteiger partial charge is 0.411 e. The molecule has 0 aliphatic carbocycles. The van der Waals surface area contributed by atoms with E-state index in [9.17, 15) is 10.0 Å². The lowest BCUT2D eigenvalue weighted by Gasteiger charge is -2.06. The maximum Gasteiger partial charge on any atom is 0.411 e. The number of fused-ring (bicyclic) bond motifs is 1. The Morgan fingerprint density at radius 2 is 2.24 bits per heavy atom. The Kier molecular flexibility index (Phi) is 3.09. The molecule has 17 heavy (non-hydrogen) atoms. The van der Waals surface area contributed by atoms with Crippen LogP contribution in [-0.4, -0.2) is 12.7 Å². The van der Waals surface area contributed by atoms with E-state index in [1.54, 1.807) is 31.2 Å². The van der Waals surface area contributed by atoms with Crippen LogP contribution >= 0.6 is 0 Å². The number of amides is 1. The van der Waals surface area contributed by atoms with Crippen LogP contribution in [0.5, 0.6) is 0 Å². The predicted molar refractivity (Wildman–Crippen MR) is 63.6 cm³/mol. The Bertz CT molecular complexity index is 554. The SMILES string of the molecule is CCOC(=O)Nc1ccc2c[n+]([O-])ccc2c1. The summed E-state index contributed by atoms with van der Waals surface area (Å²) in [7, 11) is 0. The van der Waals surface area contributed by atoms with E-state index in [1.165, 1.54) is 12.4 Å². The number of benzene rings is 1. The minimum absolute atomic E-state index is 0.329. The van der Waals surface area contributed by atoms with Crippen molar-refractivity contribution in [1.29, 1.82) is 0 Å². The third kappa shape index (κ3) is 2.63. The van der Waals surface area contributed by atoms with Gasteiger partial charge in [0.25, 0.3) is 0 Å². The molecule has 0 atom stereocenters. The van der Waals surface area contributed by atoms with Crippen LogP contribution in [0.1, 0.15) is 6.92 Å². The molecular formula is C12H12N2O3. The van der Waals surface area contributed by atoms with Gasteiger partial charge in [-0.15, -0.1) is 0 Å². The van der Waals surface area contributed by atoms with Gasteiger partial charge in [0, 0.05) is 17.1 Å². The zero-order valence-corrected chi connectivity index (χ0v) is 9.34. The van der Waals surface area contributed by atoms with Crippen LogP contribution in [0, 0.1) is 5.21 Å². The second-order valence-corrected chi connectivity index (χ2v) is 3.49. The van der Waals surface area contributed by atoms with Crippen molar-refractivity contribution in [3.05, 3.63) is 41.9 Å². The molecule has 0 radical (unpaired) electrons. The lowest BCUT2D eigenvalue weighted by atomic mass is 10.1. The van der Waals surface area contributed by atoms with Gasteiger partial charge in [0.05, 0.1) is 6.61 Å². The number of carbonyl (C=O) groups excluding carboxylic acids is 1. The summed E-state index contributed by atoms with van der Waals surface area (Å²) in [5, 5.41) is 15.4. The van der Waals surface area contributed by atoms with Gasteiger partial charge in [-0.1, -0.05) is 0 Å². The molecule has 1 amide bonds. The molecule has 2 rings (SSSR count). The van der Waals surface area contributed by atoms with Crippen molar-refractivity contribution in [2.45, 2.75) is 6.92 Å². The largest absolute Gasteiger partial charge is 0.619 e. The van der Waals surface area contributed by atoms with Crippen molar-refractivity contribution in [3.63, 3.8) is 0 Å². The van der Waals surface area contributed by atoms with Crippen molar-refractivity contribution >= 4 is 22.6 Å². The number of hydrogen-bond donors (Lipinski definition) is 1. The Hall–Kier alpha value is -2.30. The van der Waals surface area contributed by atoms with Crippen molar-refractivity contribution in [2.24, 2.45) is 0 Å². The molecule has 0 saturated carbocycles. The fourth-order valence-electron chi connectivity index (χ4n) is 1.53. The van der Waals surface area contributed by atoms with Crippen LogP contribution in [-0.2, 0) is 4.74 Å². The summed E-state index contributed by atoms with van der Waals surface area (Å²) in [5.74, 6) is 0. The van der Waals surface area contributed by atoms with Crippen LogP contribution in [0.2, 0.25) is 0 Å². The third-order valence-corrected chi connectivity index (χ3v) is 2.28. The van der Waals surface area contributed by atoms with Gasteiger partial charge < -0.3 is 9.94 Å². The lowest BCUT2D eigenvalue weighted by molar-refractivity contribution is -0.603. The number of rotatable bonds is 2. The fourth-order valence-corrected chi connectivity index (χ4v) is 1.53. The summed E-state index contributed by atoms with van der Waals surface area (Å²) in [6.07, 6.45) is 2.40. The summed E-state index contributed by atoms with van der Waals surface area (Å²) >= 11 is 0. The van der Waals surface area contributed by atoms with Crippen LogP contribution in [0.3, 0.4) is 0 Å². The highest BCUT2D eigenvalue weighted by Gasteiger charge is 2.04. The van der Waals surface area contributed by atoms with E-state index in [2.05, 4.69) is 5.32 Å². The number of pyridine rings is 1. The molecule has 1 aromatic carbocycles. The molecule has 0 fully saturated rings. The van der Waals surface area contributed by atoms with Crippen molar-refractivity contribution in [2.75, 3.05) is 11.9 Å². The van der Waals surface area contributed by atoms with Gasteiger partial charge in [-0.3, -0.25) is 5.32 Å². The lowest BCUT2D eigenvalue weighted by Crippen LogP contribution is -2.23. The Labute approximate surface area is 98.2 Å². The molecule has 5 heteroatoms. The van der Waals surface area contributed by atoms with Gasteiger partial charge in [-0.25, -0.2) is 4.79 Å². The van der Waals surface area contributed by atoms with Gasteiger partial charge in [0.15, 0.2) is 12.4 Å². The Morgan fingerprint density at radius 3 is 3.00 bits per heavy atom. The number of aromatic nitrogens is 1. The van der Waals surface area contributed by atoms with E-state index in [0.717, 1.165) is 15.5 Å². The molecule has 1 N–H and O–H groups in total. The first-order chi connectivity index (χ1) is 8.19. The number of carbonyl (C=O) groups is 1. The van der Waals surface area contributed by atoms with E-state index in [1.807, 2.05) is 0 Å². The normalized spacial score (nSPS) is 10.2. The summed E-state index contributed by atoms with van der Waals surface area (Å²) in [6, 6.07) is 6.97. The van der Waals surface area contributed by atoms with Crippen LogP contribution in [0.4, 0.5) is 10.5 Å². The van der Waals surface area contributed by atoms with Crippen molar-refractivity contribution in [1.82, 2.24) is 0 Å². The van der Waals surface area contributed by atoms with Gasteiger partial charge >= 0.3 is 6.09 Å². The molecule has 0 spiro atoms. The molecule has 88 valence electrons. The van der Waals surface area contributed by atoms with Gasteiger partial charge in [0.2, 0.25) is 0 Å². The highest BCUT2D eigenvalue weighted by atomic mass is 16.5. The summed E-state index contributed by atoms with van der Waals surface area (Å²) in [4.78, 5) is 11.2. The predicted octanol–water partition coefficient (Wildman–Crippen LogP) is 2.04. The average molecular weight is 232 g/mol. The van der Waals surface area contributed by atoms with Gasteiger partial charge in [-0.05, 0) is 30.5 Å². The van der Waals surface area contributed by atoms with E-state index >= 15 is 0 Å². The molecule has 0 unspecified atom stereocenters.